The van der Waals surface area contributed by atoms with E-state index in [9.17, 15) is 0 Å². The van der Waals surface area contributed by atoms with E-state index in [0.717, 1.165) is 36.1 Å². The van der Waals surface area contributed by atoms with Gasteiger partial charge >= 0.3 is 0 Å². The Kier molecular flexibility index (Phi) is 11.2. The Bertz CT molecular complexity index is 693. The number of nitrogens with zero attached hydrogens (tertiary/aromatic N) is 1. The summed E-state index contributed by atoms with van der Waals surface area (Å²) in [6, 6.07) is 10.2. The molecule has 1 unspecified atom stereocenters. The molecule has 0 spiro atoms. The average Bonchev–Trinajstić information content (AvgIpc) is 3.19. The number of benzene rings is 1. The first-order valence-electron chi connectivity index (χ1n) is 9.03. The number of halogens is 1. The van der Waals surface area contributed by atoms with Crippen molar-refractivity contribution in [2.75, 3.05) is 26.8 Å². The van der Waals surface area contributed by atoms with Gasteiger partial charge in [-0.25, -0.2) is 4.99 Å². The summed E-state index contributed by atoms with van der Waals surface area (Å²) in [5, 5.41) is 8.84. The predicted molar refractivity (Wildman–Crippen MR) is 125 cm³/mol. The summed E-state index contributed by atoms with van der Waals surface area (Å²) in [5.41, 5.74) is 1.08. The SMILES string of the molecule is CCNC(=NCc1ccc(OCC)c(OC)c1)NCC(C)c1cccs1.I. The fourth-order valence-corrected chi connectivity index (χ4v) is 3.31. The van der Waals surface area contributed by atoms with Gasteiger partial charge < -0.3 is 20.1 Å². The molecule has 0 fully saturated rings. The fourth-order valence-electron chi connectivity index (χ4n) is 2.52. The Morgan fingerprint density at radius 1 is 1.19 bits per heavy atom. The topological polar surface area (TPSA) is 54.9 Å². The quantitative estimate of drug-likeness (QED) is 0.298. The van der Waals surface area contributed by atoms with Crippen LogP contribution in [0.25, 0.3) is 0 Å². The van der Waals surface area contributed by atoms with E-state index in [2.05, 4.69) is 47.0 Å². The van der Waals surface area contributed by atoms with Crippen LogP contribution in [-0.2, 0) is 6.54 Å². The lowest BCUT2D eigenvalue weighted by Gasteiger charge is -2.15. The molecule has 1 aromatic carbocycles. The van der Waals surface area contributed by atoms with Crippen molar-refractivity contribution in [3.63, 3.8) is 0 Å². The lowest BCUT2D eigenvalue weighted by Crippen LogP contribution is -2.39. The molecule has 1 atom stereocenters. The van der Waals surface area contributed by atoms with Gasteiger partial charge in [0, 0.05) is 23.9 Å². The van der Waals surface area contributed by atoms with E-state index in [1.807, 2.05) is 25.1 Å². The lowest BCUT2D eigenvalue weighted by molar-refractivity contribution is 0.310. The van der Waals surface area contributed by atoms with Crippen LogP contribution in [0, 0.1) is 0 Å². The third kappa shape index (κ3) is 7.57. The van der Waals surface area contributed by atoms with E-state index in [1.165, 1.54) is 4.88 Å². The van der Waals surface area contributed by atoms with E-state index >= 15 is 0 Å². The van der Waals surface area contributed by atoms with Crippen molar-refractivity contribution in [3.05, 3.63) is 46.2 Å². The molecule has 2 rings (SSSR count). The molecular formula is C20H30IN3O2S. The predicted octanol–water partition coefficient (Wildman–Crippen LogP) is 4.63. The molecule has 0 aliphatic carbocycles. The van der Waals surface area contributed by atoms with Crippen LogP contribution in [0.3, 0.4) is 0 Å². The van der Waals surface area contributed by atoms with Gasteiger partial charge in [-0.15, -0.1) is 35.3 Å². The van der Waals surface area contributed by atoms with Crippen LogP contribution >= 0.6 is 35.3 Å². The van der Waals surface area contributed by atoms with Crippen LogP contribution in [0.4, 0.5) is 0 Å². The van der Waals surface area contributed by atoms with Crippen LogP contribution in [0.1, 0.15) is 37.1 Å². The molecule has 0 saturated carbocycles. The number of nitrogens with one attached hydrogen (secondary N) is 2. The summed E-state index contributed by atoms with van der Waals surface area (Å²) in [7, 11) is 1.66. The average molecular weight is 503 g/mol. The van der Waals surface area contributed by atoms with Gasteiger partial charge in [0.05, 0.1) is 20.3 Å². The summed E-state index contributed by atoms with van der Waals surface area (Å²) >= 11 is 1.79. The molecule has 0 aliphatic rings. The first-order chi connectivity index (χ1) is 12.7. The zero-order valence-electron chi connectivity index (χ0n) is 16.5. The van der Waals surface area contributed by atoms with Gasteiger partial charge in [-0.2, -0.15) is 0 Å². The largest absolute Gasteiger partial charge is 0.493 e. The Labute approximate surface area is 183 Å². The molecule has 1 aromatic heterocycles. The molecule has 2 aromatic rings. The minimum Gasteiger partial charge on any atom is -0.493 e. The standard InChI is InChI=1S/C20H29N3O2S.HI/c1-5-21-20(22-13-15(3)19-8-7-11-26-19)23-14-16-9-10-17(25-6-2)18(12-16)24-4;/h7-12,15H,5-6,13-14H2,1-4H3,(H2,21,22,23);1H. The van der Waals surface area contributed by atoms with Gasteiger partial charge in [-0.05, 0) is 43.0 Å². The molecule has 0 bridgehead atoms. The molecule has 0 radical (unpaired) electrons. The van der Waals surface area contributed by atoms with E-state index in [0.29, 0.717) is 19.1 Å². The molecule has 0 saturated heterocycles. The number of ether oxygens (including phenoxy) is 2. The molecule has 1 heterocycles. The first kappa shape index (κ1) is 23.6. The Morgan fingerprint density at radius 2 is 2.00 bits per heavy atom. The first-order valence-corrected chi connectivity index (χ1v) is 9.91. The van der Waals surface area contributed by atoms with Crippen LogP contribution < -0.4 is 20.1 Å². The highest BCUT2D eigenvalue weighted by Crippen LogP contribution is 2.28. The van der Waals surface area contributed by atoms with E-state index < -0.39 is 0 Å². The smallest absolute Gasteiger partial charge is 0.191 e. The second kappa shape index (κ2) is 12.8. The van der Waals surface area contributed by atoms with Gasteiger partial charge in [-0.1, -0.05) is 19.1 Å². The number of guanidine groups is 1. The summed E-state index contributed by atoms with van der Waals surface area (Å²) in [6.07, 6.45) is 0. The van der Waals surface area contributed by atoms with Crippen molar-refractivity contribution in [2.45, 2.75) is 33.2 Å². The maximum absolute atomic E-state index is 5.56. The van der Waals surface area contributed by atoms with Gasteiger partial charge in [0.2, 0.25) is 0 Å². The summed E-state index contributed by atoms with van der Waals surface area (Å²) in [4.78, 5) is 6.07. The molecule has 150 valence electrons. The highest BCUT2D eigenvalue weighted by Gasteiger charge is 2.08. The van der Waals surface area contributed by atoms with E-state index in [-0.39, 0.29) is 24.0 Å². The zero-order chi connectivity index (χ0) is 18.8. The summed E-state index contributed by atoms with van der Waals surface area (Å²) in [5.74, 6) is 2.77. The van der Waals surface area contributed by atoms with Gasteiger partial charge in [0.1, 0.15) is 0 Å². The number of thiophene rings is 1. The normalized spacial score (nSPS) is 12.1. The number of rotatable bonds is 9. The van der Waals surface area contributed by atoms with Crippen LogP contribution in [0.2, 0.25) is 0 Å². The maximum Gasteiger partial charge on any atom is 0.191 e. The third-order valence-corrected chi connectivity index (χ3v) is 5.00. The van der Waals surface area contributed by atoms with E-state index in [1.54, 1.807) is 18.4 Å². The van der Waals surface area contributed by atoms with Crippen molar-refractivity contribution in [3.8, 4) is 11.5 Å². The van der Waals surface area contributed by atoms with Gasteiger partial charge in [0.15, 0.2) is 17.5 Å². The number of hydrogen-bond donors (Lipinski definition) is 2. The van der Waals surface area contributed by atoms with Crippen molar-refractivity contribution in [1.29, 1.82) is 0 Å². The number of aliphatic imine (C=N–C) groups is 1. The molecule has 0 amide bonds. The molecule has 27 heavy (non-hydrogen) atoms. The molecular weight excluding hydrogens is 473 g/mol. The number of methoxy groups -OCH3 is 1. The highest BCUT2D eigenvalue weighted by atomic mass is 127. The maximum atomic E-state index is 5.56. The Hall–Kier alpha value is -1.48. The fraction of sp³-hybridized carbons (Fsp3) is 0.450. The third-order valence-electron chi connectivity index (χ3n) is 3.90. The molecule has 5 nitrogen and oxygen atoms in total. The molecule has 7 heteroatoms. The van der Waals surface area contributed by atoms with Gasteiger partial charge in [-0.3, -0.25) is 0 Å². The minimum atomic E-state index is 0. The minimum absolute atomic E-state index is 0. The van der Waals surface area contributed by atoms with Crippen LogP contribution in [0.15, 0.2) is 40.7 Å². The number of hydrogen-bond acceptors (Lipinski definition) is 4. The zero-order valence-corrected chi connectivity index (χ0v) is 19.6. The molecule has 0 aliphatic heterocycles. The van der Waals surface area contributed by atoms with Gasteiger partial charge in [0.25, 0.3) is 0 Å². The van der Waals surface area contributed by atoms with Crippen molar-refractivity contribution >= 4 is 41.3 Å². The lowest BCUT2D eigenvalue weighted by atomic mass is 10.1. The highest BCUT2D eigenvalue weighted by molar-refractivity contribution is 14.0. The Balaban J connectivity index is 0.00000364. The van der Waals surface area contributed by atoms with Crippen LogP contribution in [0.5, 0.6) is 11.5 Å². The monoisotopic (exact) mass is 503 g/mol. The van der Waals surface area contributed by atoms with Crippen LogP contribution in [-0.4, -0.2) is 32.8 Å². The second-order valence-corrected chi connectivity index (χ2v) is 6.89. The van der Waals surface area contributed by atoms with E-state index in [4.69, 9.17) is 9.47 Å². The second-order valence-electron chi connectivity index (χ2n) is 5.91. The van der Waals surface area contributed by atoms with Crippen molar-refractivity contribution in [1.82, 2.24) is 10.6 Å². The van der Waals surface area contributed by atoms with Crippen molar-refractivity contribution in [2.24, 2.45) is 4.99 Å². The van der Waals surface area contributed by atoms with Crippen molar-refractivity contribution < 1.29 is 9.47 Å². The summed E-state index contributed by atoms with van der Waals surface area (Å²) < 4.78 is 11.0. The Morgan fingerprint density at radius 3 is 2.63 bits per heavy atom. The summed E-state index contributed by atoms with van der Waals surface area (Å²) in [6.45, 7) is 9.11. The molecule has 2 N–H and O–H groups in total.